The molecule has 2 aromatic rings. The number of carbonyl (C=O) groups is 2. The lowest BCUT2D eigenvalue weighted by Crippen LogP contribution is -2.30. The minimum Gasteiger partial charge on any atom is -0.507 e. The van der Waals surface area contributed by atoms with Crippen molar-refractivity contribution in [3.8, 4) is 11.8 Å². The number of amides is 1. The van der Waals surface area contributed by atoms with Gasteiger partial charge in [-0.15, -0.1) is 0 Å². The average Bonchev–Trinajstić information content (AvgIpc) is 2.55. The monoisotopic (exact) mass is 310 g/mol. The molecule has 1 atom stereocenters. The lowest BCUT2D eigenvalue weighted by Gasteiger charge is -2.14. The molecule has 116 valence electrons. The number of rotatable bonds is 4. The Morgan fingerprint density at radius 3 is 2.65 bits per heavy atom. The number of phenols is 1. The minimum atomic E-state index is -1.06. The van der Waals surface area contributed by atoms with Crippen LogP contribution in [0.2, 0.25) is 0 Å². The van der Waals surface area contributed by atoms with Gasteiger partial charge in [0.25, 0.3) is 5.91 Å². The molecule has 1 amide bonds. The third-order valence-corrected chi connectivity index (χ3v) is 3.04. The maximum absolute atomic E-state index is 12.0. The Hall–Kier alpha value is -3.33. The van der Waals surface area contributed by atoms with Crippen LogP contribution in [0.5, 0.6) is 5.75 Å². The van der Waals surface area contributed by atoms with Crippen molar-refractivity contribution in [2.45, 2.75) is 13.0 Å². The Bertz CT molecular complexity index is 780. The van der Waals surface area contributed by atoms with Crippen molar-refractivity contribution in [3.63, 3.8) is 0 Å². The van der Waals surface area contributed by atoms with Gasteiger partial charge in [-0.25, -0.2) is 4.79 Å². The summed E-state index contributed by atoms with van der Waals surface area (Å²) < 4.78 is 5.03. The fraction of sp³-hybridized carbons (Fsp3) is 0.118. The number of nitrogens with zero attached hydrogens (tertiary/aromatic N) is 1. The van der Waals surface area contributed by atoms with Crippen molar-refractivity contribution < 1.29 is 19.4 Å². The predicted molar refractivity (Wildman–Crippen MR) is 82.8 cm³/mol. The second kappa shape index (κ2) is 7.09. The molecule has 0 unspecified atom stereocenters. The third kappa shape index (κ3) is 4.08. The van der Waals surface area contributed by atoms with E-state index >= 15 is 0 Å². The van der Waals surface area contributed by atoms with Crippen LogP contribution in [-0.2, 0) is 9.53 Å². The molecule has 2 rings (SSSR count). The van der Waals surface area contributed by atoms with E-state index in [0.717, 1.165) is 0 Å². The summed E-state index contributed by atoms with van der Waals surface area (Å²) in [5, 5.41) is 21.0. The Labute approximate surface area is 132 Å². The van der Waals surface area contributed by atoms with Gasteiger partial charge < -0.3 is 15.2 Å². The van der Waals surface area contributed by atoms with Crippen LogP contribution in [0, 0.1) is 11.3 Å². The van der Waals surface area contributed by atoms with Gasteiger partial charge in [-0.2, -0.15) is 5.26 Å². The number of hydrogen-bond donors (Lipinski definition) is 2. The first kappa shape index (κ1) is 16.0. The van der Waals surface area contributed by atoms with Crippen molar-refractivity contribution in [2.75, 3.05) is 5.32 Å². The standard InChI is InChI=1S/C17H14N2O4/c1-11(23-17(22)14-7-2-3-8-15(14)20)16(21)19-13-6-4-5-12(9-13)10-18/h2-9,11,20H,1H3,(H,19,21)/t11-/m0/s1. The zero-order valence-corrected chi connectivity index (χ0v) is 12.3. The van der Waals surface area contributed by atoms with Gasteiger partial charge in [0.2, 0.25) is 0 Å². The summed E-state index contributed by atoms with van der Waals surface area (Å²) in [6.07, 6.45) is -1.06. The summed E-state index contributed by atoms with van der Waals surface area (Å²) in [6, 6.07) is 14.2. The molecule has 6 nitrogen and oxygen atoms in total. The van der Waals surface area contributed by atoms with Crippen LogP contribution in [-0.4, -0.2) is 23.1 Å². The molecule has 23 heavy (non-hydrogen) atoms. The molecule has 0 heterocycles. The highest BCUT2D eigenvalue weighted by atomic mass is 16.5. The van der Waals surface area contributed by atoms with Crippen molar-refractivity contribution in [2.24, 2.45) is 0 Å². The molecule has 0 saturated heterocycles. The van der Waals surface area contributed by atoms with E-state index in [1.807, 2.05) is 6.07 Å². The number of benzene rings is 2. The van der Waals surface area contributed by atoms with Gasteiger partial charge in [-0.1, -0.05) is 18.2 Å². The summed E-state index contributed by atoms with van der Waals surface area (Å²) in [6.45, 7) is 1.42. The third-order valence-electron chi connectivity index (χ3n) is 3.04. The normalized spacial score (nSPS) is 11.1. The number of hydrogen-bond acceptors (Lipinski definition) is 5. The van der Waals surface area contributed by atoms with Gasteiger partial charge in [-0.3, -0.25) is 4.79 Å². The Balaban J connectivity index is 2.01. The van der Waals surface area contributed by atoms with Crippen LogP contribution in [0.4, 0.5) is 5.69 Å². The smallest absolute Gasteiger partial charge is 0.342 e. The molecule has 0 aromatic heterocycles. The van der Waals surface area contributed by atoms with Gasteiger partial charge in [-0.05, 0) is 37.3 Å². The summed E-state index contributed by atoms with van der Waals surface area (Å²) in [5.74, 6) is -1.55. The number of anilines is 1. The molecule has 0 aliphatic rings. The first-order chi connectivity index (χ1) is 11.0. The van der Waals surface area contributed by atoms with Gasteiger partial charge in [0, 0.05) is 5.69 Å². The van der Waals surface area contributed by atoms with Crippen molar-refractivity contribution in [3.05, 3.63) is 59.7 Å². The summed E-state index contributed by atoms with van der Waals surface area (Å²) in [5.41, 5.74) is 0.819. The second-order valence-electron chi connectivity index (χ2n) is 4.75. The summed E-state index contributed by atoms with van der Waals surface area (Å²) >= 11 is 0. The number of ether oxygens (including phenoxy) is 1. The SMILES string of the molecule is C[C@H](OC(=O)c1ccccc1O)C(=O)Nc1cccc(C#N)c1. The van der Waals surface area contributed by atoms with E-state index in [0.29, 0.717) is 11.3 Å². The van der Waals surface area contributed by atoms with E-state index in [2.05, 4.69) is 5.32 Å². The largest absolute Gasteiger partial charge is 0.507 e. The highest BCUT2D eigenvalue weighted by Gasteiger charge is 2.20. The van der Waals surface area contributed by atoms with Crippen molar-refractivity contribution >= 4 is 17.6 Å². The van der Waals surface area contributed by atoms with E-state index in [1.165, 1.54) is 25.1 Å². The molecule has 0 bridgehead atoms. The topological polar surface area (TPSA) is 99.4 Å². The predicted octanol–water partition coefficient (Wildman–Crippen LogP) is 2.45. The van der Waals surface area contributed by atoms with Crippen molar-refractivity contribution in [1.29, 1.82) is 5.26 Å². The lowest BCUT2D eigenvalue weighted by atomic mass is 10.2. The van der Waals surface area contributed by atoms with Crippen LogP contribution in [0.25, 0.3) is 0 Å². The van der Waals surface area contributed by atoms with Crippen LogP contribution in [0.3, 0.4) is 0 Å². The summed E-state index contributed by atoms with van der Waals surface area (Å²) in [7, 11) is 0. The van der Waals surface area contributed by atoms with Gasteiger partial charge in [0.15, 0.2) is 6.10 Å². The quantitative estimate of drug-likeness (QED) is 0.845. The zero-order chi connectivity index (χ0) is 16.8. The molecule has 0 saturated carbocycles. The van der Waals surface area contributed by atoms with Gasteiger partial charge in [0.05, 0.1) is 11.6 Å². The number of carbonyl (C=O) groups excluding carboxylic acids is 2. The van der Waals surface area contributed by atoms with E-state index < -0.39 is 18.0 Å². The van der Waals surface area contributed by atoms with Gasteiger partial charge >= 0.3 is 5.97 Å². The molecular weight excluding hydrogens is 296 g/mol. The molecule has 0 aliphatic heterocycles. The van der Waals surface area contributed by atoms with E-state index in [-0.39, 0.29) is 11.3 Å². The number of esters is 1. The Morgan fingerprint density at radius 2 is 1.96 bits per heavy atom. The number of nitrogens with one attached hydrogen (secondary N) is 1. The van der Waals surface area contributed by atoms with Crippen LogP contribution in [0.15, 0.2) is 48.5 Å². The first-order valence-electron chi connectivity index (χ1n) is 6.81. The van der Waals surface area contributed by atoms with Crippen LogP contribution >= 0.6 is 0 Å². The van der Waals surface area contributed by atoms with E-state index in [4.69, 9.17) is 10.00 Å². The second-order valence-corrected chi connectivity index (χ2v) is 4.75. The molecule has 0 radical (unpaired) electrons. The summed E-state index contributed by atoms with van der Waals surface area (Å²) in [4.78, 5) is 24.0. The number of aromatic hydroxyl groups is 1. The fourth-order valence-electron chi connectivity index (χ4n) is 1.83. The van der Waals surface area contributed by atoms with Gasteiger partial charge in [0.1, 0.15) is 11.3 Å². The maximum atomic E-state index is 12.0. The Morgan fingerprint density at radius 1 is 1.22 bits per heavy atom. The Kier molecular flexibility index (Phi) is 4.95. The first-order valence-corrected chi connectivity index (χ1v) is 6.81. The molecule has 2 aromatic carbocycles. The molecule has 0 fully saturated rings. The average molecular weight is 310 g/mol. The number of phenolic OH excluding ortho intramolecular Hbond substituents is 1. The highest BCUT2D eigenvalue weighted by molar-refractivity contribution is 5.98. The highest BCUT2D eigenvalue weighted by Crippen LogP contribution is 2.17. The van der Waals surface area contributed by atoms with Crippen molar-refractivity contribution in [1.82, 2.24) is 0 Å². The van der Waals surface area contributed by atoms with E-state index in [9.17, 15) is 14.7 Å². The molecule has 0 aliphatic carbocycles. The molecular formula is C17H14N2O4. The lowest BCUT2D eigenvalue weighted by molar-refractivity contribution is -0.123. The maximum Gasteiger partial charge on any atom is 0.342 e. The zero-order valence-electron chi connectivity index (χ0n) is 12.3. The molecule has 0 spiro atoms. The van der Waals surface area contributed by atoms with E-state index in [1.54, 1.807) is 30.3 Å². The minimum absolute atomic E-state index is 0.0152. The van der Waals surface area contributed by atoms with Crippen LogP contribution in [0.1, 0.15) is 22.8 Å². The molecule has 2 N–H and O–H groups in total. The number of para-hydroxylation sites is 1. The number of nitriles is 1. The van der Waals surface area contributed by atoms with Crippen LogP contribution < -0.4 is 5.32 Å². The molecule has 6 heteroatoms. The fourth-order valence-corrected chi connectivity index (χ4v) is 1.83.